The number of phenols is 1. The van der Waals surface area contributed by atoms with Crippen LogP contribution in [0.3, 0.4) is 0 Å². The Balaban J connectivity index is 3.09. The molecule has 0 heterocycles. The molecule has 0 aliphatic heterocycles. The second-order valence-corrected chi connectivity index (χ2v) is 9.10. The number of carboxylic acids is 1. The van der Waals surface area contributed by atoms with Crippen LogP contribution in [-0.2, 0) is 25.6 Å². The van der Waals surface area contributed by atoms with Crippen LogP contribution in [0.25, 0.3) is 0 Å². The first-order valence-corrected chi connectivity index (χ1v) is 11.5. The Labute approximate surface area is 200 Å². The van der Waals surface area contributed by atoms with Crippen molar-refractivity contribution in [3.63, 3.8) is 0 Å². The van der Waals surface area contributed by atoms with E-state index in [1.54, 1.807) is 12.1 Å². The van der Waals surface area contributed by atoms with Crippen molar-refractivity contribution in [2.24, 2.45) is 17.6 Å². The average molecular weight is 479 g/mol. The lowest BCUT2D eigenvalue weighted by atomic mass is 9.97. The Kier molecular flexibility index (Phi) is 11.5. The van der Waals surface area contributed by atoms with Gasteiger partial charge in [0.15, 0.2) is 0 Å². The summed E-state index contributed by atoms with van der Waals surface area (Å²) in [6, 6.07) is 2.13. The molecule has 0 fully saturated rings. The topological polar surface area (TPSA) is 171 Å². The first-order chi connectivity index (χ1) is 15.8. The van der Waals surface area contributed by atoms with Gasteiger partial charge >= 0.3 is 5.97 Å². The average Bonchev–Trinajstić information content (AvgIpc) is 2.77. The molecule has 7 N–H and O–H groups in total. The monoisotopic (exact) mass is 478 g/mol. The summed E-state index contributed by atoms with van der Waals surface area (Å²) in [7, 11) is 0. The Morgan fingerprint density at radius 1 is 0.882 bits per heavy atom. The highest BCUT2D eigenvalue weighted by Gasteiger charge is 2.30. The Bertz CT molecular complexity index is 842. The minimum Gasteiger partial charge on any atom is -0.508 e. The molecule has 10 nitrogen and oxygen atoms in total. The van der Waals surface area contributed by atoms with Gasteiger partial charge in [0.25, 0.3) is 0 Å². The van der Waals surface area contributed by atoms with Crippen LogP contribution in [0, 0.1) is 11.8 Å². The molecule has 1 rings (SSSR count). The minimum atomic E-state index is -1.22. The molecule has 1 aromatic rings. The number of nitrogens with one attached hydrogen (secondary N) is 3. The van der Waals surface area contributed by atoms with Crippen LogP contribution >= 0.6 is 0 Å². The van der Waals surface area contributed by atoms with Gasteiger partial charge in [-0.15, -0.1) is 0 Å². The largest absolute Gasteiger partial charge is 0.508 e. The fraction of sp³-hybridized carbons (Fsp3) is 0.583. The number of carbonyl (C=O) groups excluding carboxylic acids is 3. The van der Waals surface area contributed by atoms with E-state index in [1.165, 1.54) is 19.1 Å². The second-order valence-electron chi connectivity index (χ2n) is 9.10. The normalized spacial score (nSPS) is 15.5. The van der Waals surface area contributed by atoms with Crippen molar-refractivity contribution < 1.29 is 29.4 Å². The van der Waals surface area contributed by atoms with Gasteiger partial charge in [0.05, 0.1) is 6.04 Å². The molecule has 5 unspecified atom stereocenters. The van der Waals surface area contributed by atoms with E-state index in [2.05, 4.69) is 16.0 Å². The van der Waals surface area contributed by atoms with E-state index < -0.39 is 47.9 Å². The zero-order valence-electron chi connectivity index (χ0n) is 20.5. The van der Waals surface area contributed by atoms with E-state index in [-0.39, 0.29) is 24.0 Å². The summed E-state index contributed by atoms with van der Waals surface area (Å²) in [5.41, 5.74) is 6.66. The number of amides is 3. The van der Waals surface area contributed by atoms with Crippen LogP contribution in [0.2, 0.25) is 0 Å². The molecular weight excluding hydrogens is 440 g/mol. The van der Waals surface area contributed by atoms with Crippen LogP contribution in [0.4, 0.5) is 0 Å². The fourth-order valence-corrected chi connectivity index (χ4v) is 3.21. The Morgan fingerprint density at radius 2 is 1.41 bits per heavy atom. The van der Waals surface area contributed by atoms with Crippen LogP contribution in [0.5, 0.6) is 5.75 Å². The highest BCUT2D eigenvalue weighted by molar-refractivity contribution is 5.94. The van der Waals surface area contributed by atoms with Crippen molar-refractivity contribution >= 4 is 23.7 Å². The van der Waals surface area contributed by atoms with Crippen LogP contribution in [-0.4, -0.2) is 58.1 Å². The molecule has 0 bridgehead atoms. The maximum atomic E-state index is 13.2. The van der Waals surface area contributed by atoms with Crippen molar-refractivity contribution in [3.8, 4) is 5.75 Å². The Hall–Kier alpha value is -3.14. The summed E-state index contributed by atoms with van der Waals surface area (Å²) in [5.74, 6) is -2.88. The van der Waals surface area contributed by atoms with Gasteiger partial charge in [-0.3, -0.25) is 19.2 Å². The number of rotatable bonds is 13. The SMILES string of the molecule is CCC(C)C(N)C(=O)NC(CC(C)C)C(=O)NC(Cc1ccc(O)cc1)C(=O)NC(C)C(=O)O. The second kappa shape index (κ2) is 13.5. The van der Waals surface area contributed by atoms with Crippen molar-refractivity contribution in [2.45, 2.75) is 78.0 Å². The summed E-state index contributed by atoms with van der Waals surface area (Å²) >= 11 is 0. The molecule has 5 atom stereocenters. The standard InChI is InChI=1S/C24H38N4O6/c1-6-14(4)20(25)23(32)28-18(11-13(2)3)22(31)27-19(21(30)26-15(5)24(33)34)12-16-7-9-17(29)10-8-16/h7-10,13-15,18-20,29H,6,11-12,25H2,1-5H3,(H,26,30)(H,27,31)(H,28,32)(H,33,34). The number of aliphatic carboxylic acids is 1. The molecule has 0 aromatic heterocycles. The van der Waals surface area contributed by atoms with Crippen molar-refractivity contribution in [2.75, 3.05) is 0 Å². The third-order valence-corrected chi connectivity index (χ3v) is 5.64. The van der Waals surface area contributed by atoms with E-state index in [4.69, 9.17) is 10.8 Å². The van der Waals surface area contributed by atoms with E-state index in [0.29, 0.717) is 18.4 Å². The molecule has 34 heavy (non-hydrogen) atoms. The molecule has 1 aromatic carbocycles. The summed E-state index contributed by atoms with van der Waals surface area (Å²) in [6.45, 7) is 8.88. The summed E-state index contributed by atoms with van der Waals surface area (Å²) < 4.78 is 0. The molecule has 0 saturated carbocycles. The van der Waals surface area contributed by atoms with E-state index in [1.807, 2.05) is 27.7 Å². The lowest BCUT2D eigenvalue weighted by molar-refractivity contribution is -0.141. The first kappa shape index (κ1) is 28.9. The van der Waals surface area contributed by atoms with Crippen LogP contribution in [0.1, 0.15) is 53.0 Å². The molecule has 190 valence electrons. The zero-order chi connectivity index (χ0) is 26.0. The number of aromatic hydroxyl groups is 1. The van der Waals surface area contributed by atoms with Gasteiger partial charge in [-0.2, -0.15) is 0 Å². The van der Waals surface area contributed by atoms with Gasteiger partial charge < -0.3 is 31.9 Å². The molecule has 0 saturated heterocycles. The van der Waals surface area contributed by atoms with Gasteiger partial charge in [0.2, 0.25) is 17.7 Å². The number of hydrogen-bond donors (Lipinski definition) is 6. The van der Waals surface area contributed by atoms with E-state index >= 15 is 0 Å². The van der Waals surface area contributed by atoms with Gasteiger partial charge in [0.1, 0.15) is 23.9 Å². The smallest absolute Gasteiger partial charge is 0.325 e. The lowest BCUT2D eigenvalue weighted by Gasteiger charge is -2.26. The van der Waals surface area contributed by atoms with E-state index in [0.717, 1.165) is 0 Å². The van der Waals surface area contributed by atoms with Gasteiger partial charge in [0, 0.05) is 6.42 Å². The number of nitrogens with two attached hydrogens (primary N) is 1. The predicted octanol–water partition coefficient (Wildman–Crippen LogP) is 0.913. The predicted molar refractivity (Wildman–Crippen MR) is 128 cm³/mol. The Morgan fingerprint density at radius 3 is 1.91 bits per heavy atom. The molecular formula is C24H38N4O6. The molecule has 10 heteroatoms. The number of phenolic OH excluding ortho intramolecular Hbond substituents is 1. The van der Waals surface area contributed by atoms with Crippen molar-refractivity contribution in [1.82, 2.24) is 16.0 Å². The summed E-state index contributed by atoms with van der Waals surface area (Å²) in [6.07, 6.45) is 1.08. The van der Waals surface area contributed by atoms with Gasteiger partial charge in [-0.1, -0.05) is 46.2 Å². The van der Waals surface area contributed by atoms with Gasteiger partial charge in [-0.05, 0) is 42.9 Å². The van der Waals surface area contributed by atoms with Crippen LogP contribution < -0.4 is 21.7 Å². The molecule has 0 aliphatic rings. The highest BCUT2D eigenvalue weighted by Crippen LogP contribution is 2.13. The lowest BCUT2D eigenvalue weighted by Crippen LogP contribution is -2.58. The number of carboxylic acid groups (broad SMARTS) is 1. The minimum absolute atomic E-state index is 0.0469. The summed E-state index contributed by atoms with van der Waals surface area (Å²) in [5, 5.41) is 26.4. The molecule has 0 spiro atoms. The maximum absolute atomic E-state index is 13.2. The third kappa shape index (κ3) is 9.38. The molecule has 0 aliphatic carbocycles. The molecule has 0 radical (unpaired) electrons. The van der Waals surface area contributed by atoms with Crippen molar-refractivity contribution in [1.29, 1.82) is 0 Å². The maximum Gasteiger partial charge on any atom is 0.325 e. The molecule has 3 amide bonds. The number of benzene rings is 1. The van der Waals surface area contributed by atoms with Gasteiger partial charge in [-0.25, -0.2) is 0 Å². The number of hydrogen-bond acceptors (Lipinski definition) is 6. The van der Waals surface area contributed by atoms with Crippen molar-refractivity contribution in [3.05, 3.63) is 29.8 Å². The highest BCUT2D eigenvalue weighted by atomic mass is 16.4. The summed E-state index contributed by atoms with van der Waals surface area (Å²) in [4.78, 5) is 49.8. The number of carbonyl (C=O) groups is 4. The quantitative estimate of drug-likeness (QED) is 0.245. The third-order valence-electron chi connectivity index (χ3n) is 5.64. The fourth-order valence-electron chi connectivity index (χ4n) is 3.21. The first-order valence-electron chi connectivity index (χ1n) is 11.5. The van der Waals surface area contributed by atoms with E-state index in [9.17, 15) is 24.3 Å². The van der Waals surface area contributed by atoms with Crippen LogP contribution in [0.15, 0.2) is 24.3 Å². The zero-order valence-corrected chi connectivity index (χ0v) is 20.5.